The Kier molecular flexibility index (Phi) is 4.03. The van der Waals surface area contributed by atoms with Crippen LogP contribution < -0.4 is 0 Å². The number of aromatic nitrogens is 2. The third-order valence-electron chi connectivity index (χ3n) is 2.85. The summed E-state index contributed by atoms with van der Waals surface area (Å²) in [6, 6.07) is 10.2. The summed E-state index contributed by atoms with van der Waals surface area (Å²) < 4.78 is 4.14. The fourth-order valence-electron chi connectivity index (χ4n) is 2.02. The van der Waals surface area contributed by atoms with Crippen LogP contribution in [-0.4, -0.2) is 9.55 Å². The van der Waals surface area contributed by atoms with E-state index in [4.69, 9.17) is 23.2 Å². The minimum atomic E-state index is 0.407. The van der Waals surface area contributed by atoms with E-state index < -0.39 is 0 Å². The Morgan fingerprint density at radius 1 is 1.26 bits per heavy atom. The lowest BCUT2D eigenvalue weighted by atomic mass is 10.3. The van der Waals surface area contributed by atoms with E-state index in [1.165, 1.54) is 8.45 Å². The molecule has 0 aliphatic carbocycles. The topological polar surface area (TPSA) is 17.8 Å². The van der Waals surface area contributed by atoms with E-state index in [-0.39, 0.29) is 0 Å². The molecule has 2 heterocycles. The highest BCUT2D eigenvalue weighted by molar-refractivity contribution is 14.1. The van der Waals surface area contributed by atoms with Crippen LogP contribution in [0.15, 0.2) is 30.3 Å². The molecule has 0 aliphatic rings. The molecule has 0 atom stereocenters. The predicted molar refractivity (Wildman–Crippen MR) is 90.4 cm³/mol. The van der Waals surface area contributed by atoms with Gasteiger partial charge in [0.05, 0.1) is 27.8 Å². The number of hydrogen-bond donors (Lipinski definition) is 0. The number of thiophene rings is 1. The van der Waals surface area contributed by atoms with Gasteiger partial charge in [0.1, 0.15) is 5.82 Å². The molecule has 3 rings (SSSR count). The van der Waals surface area contributed by atoms with Crippen molar-refractivity contribution in [2.45, 2.75) is 12.4 Å². The Hall–Kier alpha value is -0.300. The molecule has 0 fully saturated rings. The molecule has 1 aromatic carbocycles. The van der Waals surface area contributed by atoms with Crippen LogP contribution in [0.3, 0.4) is 0 Å². The lowest BCUT2D eigenvalue weighted by Gasteiger charge is -2.05. The summed E-state index contributed by atoms with van der Waals surface area (Å²) in [5, 5.41) is 0. The van der Waals surface area contributed by atoms with Gasteiger partial charge < -0.3 is 4.57 Å². The highest BCUT2D eigenvalue weighted by Crippen LogP contribution is 2.26. The molecule has 0 saturated carbocycles. The van der Waals surface area contributed by atoms with Crippen LogP contribution in [-0.2, 0) is 12.4 Å². The lowest BCUT2D eigenvalue weighted by molar-refractivity contribution is 0.789. The Morgan fingerprint density at radius 2 is 2.11 bits per heavy atom. The highest BCUT2D eigenvalue weighted by Gasteiger charge is 2.11. The first-order chi connectivity index (χ1) is 9.17. The molecule has 0 spiro atoms. The van der Waals surface area contributed by atoms with Crippen molar-refractivity contribution in [3.05, 3.63) is 48.9 Å². The van der Waals surface area contributed by atoms with Crippen molar-refractivity contribution in [1.29, 1.82) is 0 Å². The van der Waals surface area contributed by atoms with Gasteiger partial charge in [0.15, 0.2) is 0 Å². The number of rotatable bonds is 3. The van der Waals surface area contributed by atoms with E-state index in [0.29, 0.717) is 5.88 Å². The van der Waals surface area contributed by atoms with Crippen LogP contribution >= 0.6 is 57.1 Å². The smallest absolute Gasteiger partial charge is 0.125 e. The Morgan fingerprint density at radius 3 is 2.79 bits per heavy atom. The monoisotopic (exact) mass is 422 g/mol. The van der Waals surface area contributed by atoms with Crippen molar-refractivity contribution in [3.63, 3.8) is 0 Å². The molecule has 3 aromatic rings. The van der Waals surface area contributed by atoms with Gasteiger partial charge >= 0.3 is 0 Å². The molecular formula is C13H9Cl2IN2S. The van der Waals surface area contributed by atoms with E-state index in [1.807, 2.05) is 12.1 Å². The Labute approximate surface area is 138 Å². The second-order valence-corrected chi connectivity index (χ2v) is 7.40. The third-order valence-corrected chi connectivity index (χ3v) is 4.98. The maximum Gasteiger partial charge on any atom is 0.125 e. The van der Waals surface area contributed by atoms with Crippen LogP contribution in [0.4, 0.5) is 0 Å². The zero-order chi connectivity index (χ0) is 13.4. The minimum Gasteiger partial charge on any atom is -0.322 e. The molecular weight excluding hydrogens is 414 g/mol. The summed E-state index contributed by atoms with van der Waals surface area (Å²) in [7, 11) is 0. The minimum absolute atomic E-state index is 0.407. The van der Waals surface area contributed by atoms with Gasteiger partial charge in [0.2, 0.25) is 0 Å². The van der Waals surface area contributed by atoms with Gasteiger partial charge in [-0.3, -0.25) is 0 Å². The van der Waals surface area contributed by atoms with Crippen LogP contribution in [0.1, 0.15) is 10.7 Å². The van der Waals surface area contributed by atoms with Gasteiger partial charge in [-0.05, 0) is 52.9 Å². The van der Waals surface area contributed by atoms with Crippen molar-refractivity contribution in [2.24, 2.45) is 0 Å². The van der Waals surface area contributed by atoms with Crippen LogP contribution in [0, 0.1) is 3.57 Å². The lowest BCUT2D eigenvalue weighted by Crippen LogP contribution is -2.02. The van der Waals surface area contributed by atoms with Gasteiger partial charge in [-0.1, -0.05) is 11.6 Å². The van der Waals surface area contributed by atoms with Crippen molar-refractivity contribution >= 4 is 68.2 Å². The number of benzene rings is 1. The zero-order valence-corrected chi connectivity index (χ0v) is 14.2. The Bertz CT molecular complexity index is 735. The third kappa shape index (κ3) is 2.77. The molecule has 0 bridgehead atoms. The number of fused-ring (bicyclic) bond motifs is 1. The number of nitrogens with zero attached hydrogens (tertiary/aromatic N) is 2. The first kappa shape index (κ1) is 13.7. The maximum absolute atomic E-state index is 6.01. The Balaban J connectivity index is 2.10. The molecule has 0 saturated heterocycles. The van der Waals surface area contributed by atoms with E-state index in [0.717, 1.165) is 27.7 Å². The second-order valence-electron chi connectivity index (χ2n) is 4.09. The second kappa shape index (κ2) is 5.60. The molecule has 0 radical (unpaired) electrons. The van der Waals surface area contributed by atoms with Crippen LogP contribution in [0.2, 0.25) is 4.34 Å². The molecule has 0 amide bonds. The first-order valence-electron chi connectivity index (χ1n) is 5.62. The molecule has 19 heavy (non-hydrogen) atoms. The number of hydrogen-bond acceptors (Lipinski definition) is 2. The van der Waals surface area contributed by atoms with E-state index in [9.17, 15) is 0 Å². The molecule has 0 unspecified atom stereocenters. The fourth-order valence-corrected chi connectivity index (χ4v) is 3.78. The summed E-state index contributed by atoms with van der Waals surface area (Å²) in [6.45, 7) is 0.760. The predicted octanol–water partition coefficient (Wildman–Crippen LogP) is 5.14. The summed E-state index contributed by atoms with van der Waals surface area (Å²) >= 11 is 15.9. The molecule has 0 N–H and O–H groups in total. The average Bonchev–Trinajstić information content (AvgIpc) is 2.94. The first-order valence-corrected chi connectivity index (χ1v) is 8.43. The van der Waals surface area contributed by atoms with Crippen LogP contribution in [0.5, 0.6) is 0 Å². The summed E-state index contributed by atoms with van der Waals surface area (Å²) in [5.41, 5.74) is 2.10. The van der Waals surface area contributed by atoms with Crippen molar-refractivity contribution in [2.75, 3.05) is 0 Å². The standard InChI is InChI=1S/C13H9Cl2IN2S/c14-6-13-17-10-5-8(16)1-3-11(10)18(13)7-9-2-4-12(15)19-9/h1-5H,6-7H2. The van der Waals surface area contributed by atoms with Gasteiger partial charge in [0, 0.05) is 8.45 Å². The van der Waals surface area contributed by atoms with E-state index in [2.05, 4.69) is 50.3 Å². The SMILES string of the molecule is ClCc1nc2cc(I)ccc2n1Cc1ccc(Cl)s1. The van der Waals surface area contributed by atoms with Crippen molar-refractivity contribution < 1.29 is 0 Å². The maximum atomic E-state index is 6.01. The largest absolute Gasteiger partial charge is 0.322 e. The van der Waals surface area contributed by atoms with Crippen LogP contribution in [0.25, 0.3) is 11.0 Å². The van der Waals surface area contributed by atoms with Gasteiger partial charge in [0.25, 0.3) is 0 Å². The summed E-state index contributed by atoms with van der Waals surface area (Å²) in [4.78, 5) is 5.80. The quantitative estimate of drug-likeness (QED) is 0.422. The summed E-state index contributed by atoms with van der Waals surface area (Å²) in [6.07, 6.45) is 0. The van der Waals surface area contributed by atoms with Gasteiger partial charge in [-0.25, -0.2) is 4.98 Å². The molecule has 2 nitrogen and oxygen atoms in total. The van der Waals surface area contributed by atoms with Gasteiger partial charge in [-0.2, -0.15) is 0 Å². The number of alkyl halides is 1. The zero-order valence-electron chi connectivity index (χ0n) is 9.74. The molecule has 2 aromatic heterocycles. The summed E-state index contributed by atoms with van der Waals surface area (Å²) in [5.74, 6) is 1.30. The van der Waals surface area contributed by atoms with Crippen molar-refractivity contribution in [3.8, 4) is 0 Å². The van der Waals surface area contributed by atoms with Gasteiger partial charge in [-0.15, -0.1) is 22.9 Å². The average molecular weight is 423 g/mol. The van der Waals surface area contributed by atoms with E-state index >= 15 is 0 Å². The fraction of sp³-hybridized carbons (Fsp3) is 0.154. The van der Waals surface area contributed by atoms with E-state index in [1.54, 1.807) is 11.3 Å². The molecule has 98 valence electrons. The highest BCUT2D eigenvalue weighted by atomic mass is 127. The molecule has 0 aliphatic heterocycles. The van der Waals surface area contributed by atoms with Crippen molar-refractivity contribution in [1.82, 2.24) is 9.55 Å². The molecule has 6 heteroatoms. The normalized spacial score (nSPS) is 11.3. The number of halogens is 3. The number of imidazole rings is 1.